The monoisotopic (exact) mass is 311 g/mol. The molecule has 1 saturated heterocycles. The van der Waals surface area contributed by atoms with Crippen molar-refractivity contribution < 1.29 is 4.52 Å². The van der Waals surface area contributed by atoms with Crippen LogP contribution in [0.2, 0.25) is 0 Å². The van der Waals surface area contributed by atoms with E-state index in [1.54, 1.807) is 0 Å². The highest BCUT2D eigenvalue weighted by atomic mass is 16.5. The maximum Gasteiger partial charge on any atom is 0.240 e. The Morgan fingerprint density at radius 3 is 2.43 bits per heavy atom. The third-order valence-corrected chi connectivity index (χ3v) is 5.11. The number of benzene rings is 1. The Morgan fingerprint density at radius 1 is 0.957 bits per heavy atom. The molecule has 0 amide bonds. The van der Waals surface area contributed by atoms with Gasteiger partial charge in [0.15, 0.2) is 5.82 Å². The van der Waals surface area contributed by atoms with Crippen molar-refractivity contribution >= 4 is 0 Å². The first-order valence-electron chi connectivity index (χ1n) is 8.93. The smallest absolute Gasteiger partial charge is 0.240 e. The van der Waals surface area contributed by atoms with Crippen LogP contribution < -0.4 is 0 Å². The van der Waals surface area contributed by atoms with Gasteiger partial charge in [-0.3, -0.25) is 4.90 Å². The molecular formula is C19H25N3O. The maximum absolute atomic E-state index is 5.42. The highest BCUT2D eigenvalue weighted by Gasteiger charge is 2.25. The summed E-state index contributed by atoms with van der Waals surface area (Å²) in [5.41, 5.74) is 1.47. The molecule has 4 nitrogen and oxygen atoms in total. The minimum atomic E-state index is 0.794. The van der Waals surface area contributed by atoms with Gasteiger partial charge in [0.2, 0.25) is 5.89 Å². The van der Waals surface area contributed by atoms with Crippen molar-refractivity contribution in [2.75, 3.05) is 13.1 Å². The van der Waals surface area contributed by atoms with E-state index in [9.17, 15) is 0 Å². The van der Waals surface area contributed by atoms with Gasteiger partial charge < -0.3 is 4.52 Å². The van der Waals surface area contributed by atoms with E-state index in [2.05, 4.69) is 45.4 Å². The molecule has 1 saturated carbocycles. The number of aromatic nitrogens is 2. The molecule has 2 aromatic rings. The molecule has 1 aromatic heterocycles. The van der Waals surface area contributed by atoms with Crippen LogP contribution in [-0.2, 0) is 19.4 Å². The zero-order valence-electron chi connectivity index (χ0n) is 13.7. The quantitative estimate of drug-likeness (QED) is 0.819. The van der Waals surface area contributed by atoms with Crippen LogP contribution in [0.3, 0.4) is 0 Å². The van der Waals surface area contributed by atoms with Gasteiger partial charge in [0, 0.05) is 6.42 Å². The molecule has 1 aliphatic heterocycles. The van der Waals surface area contributed by atoms with Crippen LogP contribution in [0.1, 0.15) is 43.0 Å². The predicted octanol–water partition coefficient (Wildman–Crippen LogP) is 3.48. The molecule has 1 aromatic carbocycles. The molecule has 2 aliphatic rings. The summed E-state index contributed by atoms with van der Waals surface area (Å²) in [5.74, 6) is 3.32. The number of nitrogens with zero attached hydrogens (tertiary/aromatic N) is 3. The summed E-state index contributed by atoms with van der Waals surface area (Å²) in [6.45, 7) is 3.09. The largest absolute Gasteiger partial charge is 0.338 e. The molecule has 0 unspecified atom stereocenters. The van der Waals surface area contributed by atoms with Crippen LogP contribution >= 0.6 is 0 Å². The number of hydrogen-bond acceptors (Lipinski definition) is 4. The van der Waals surface area contributed by atoms with E-state index in [-0.39, 0.29) is 0 Å². The Bertz CT molecular complexity index is 613. The molecule has 23 heavy (non-hydrogen) atoms. The third kappa shape index (κ3) is 4.20. The summed E-state index contributed by atoms with van der Waals surface area (Å²) < 4.78 is 5.42. The van der Waals surface area contributed by atoms with Gasteiger partial charge in [-0.1, -0.05) is 35.5 Å². The highest BCUT2D eigenvalue weighted by molar-refractivity contribution is 5.15. The fourth-order valence-corrected chi connectivity index (χ4v) is 3.50. The summed E-state index contributed by atoms with van der Waals surface area (Å²) in [4.78, 5) is 7.01. The van der Waals surface area contributed by atoms with Crippen molar-refractivity contribution in [3.05, 3.63) is 47.6 Å². The van der Waals surface area contributed by atoms with E-state index in [4.69, 9.17) is 4.52 Å². The minimum Gasteiger partial charge on any atom is -0.338 e. The molecule has 4 heteroatoms. The molecule has 0 N–H and O–H groups in total. The fourth-order valence-electron chi connectivity index (χ4n) is 3.50. The summed E-state index contributed by atoms with van der Waals surface area (Å²) in [6.07, 6.45) is 7.40. The first kappa shape index (κ1) is 14.9. The van der Waals surface area contributed by atoms with Crippen LogP contribution in [0.4, 0.5) is 0 Å². The second kappa shape index (κ2) is 6.83. The predicted molar refractivity (Wildman–Crippen MR) is 88.9 cm³/mol. The molecule has 0 spiro atoms. The van der Waals surface area contributed by atoms with Gasteiger partial charge in [-0.05, 0) is 62.6 Å². The highest BCUT2D eigenvalue weighted by Crippen LogP contribution is 2.31. The minimum absolute atomic E-state index is 0.794. The Kier molecular flexibility index (Phi) is 4.42. The second-order valence-electron chi connectivity index (χ2n) is 7.16. The van der Waals surface area contributed by atoms with E-state index < -0.39 is 0 Å². The van der Waals surface area contributed by atoms with Crippen LogP contribution in [0.15, 0.2) is 34.9 Å². The second-order valence-corrected chi connectivity index (χ2v) is 7.16. The number of hydrogen-bond donors (Lipinski definition) is 0. The van der Waals surface area contributed by atoms with Crippen LogP contribution in [0, 0.1) is 11.8 Å². The summed E-state index contributed by atoms with van der Waals surface area (Å²) in [7, 11) is 0. The van der Waals surface area contributed by atoms with Crippen molar-refractivity contribution in [1.29, 1.82) is 0 Å². The normalized spacial score (nSPS) is 20.0. The number of rotatable bonds is 6. The SMILES string of the molecule is c1ccc(CC2CCN(Cc3nc(CC4CC4)no3)CC2)cc1. The molecule has 4 rings (SSSR count). The van der Waals surface area contributed by atoms with Gasteiger partial charge in [0.05, 0.1) is 6.54 Å². The topological polar surface area (TPSA) is 42.2 Å². The van der Waals surface area contributed by atoms with E-state index >= 15 is 0 Å². The van der Waals surface area contributed by atoms with E-state index in [0.717, 1.165) is 49.6 Å². The first-order chi connectivity index (χ1) is 11.3. The maximum atomic E-state index is 5.42. The average molecular weight is 311 g/mol. The van der Waals surface area contributed by atoms with Gasteiger partial charge in [0.25, 0.3) is 0 Å². The Hall–Kier alpha value is -1.68. The van der Waals surface area contributed by atoms with Crippen molar-refractivity contribution in [2.45, 2.75) is 45.1 Å². The summed E-state index contributed by atoms with van der Waals surface area (Å²) in [5, 5.41) is 4.12. The Balaban J connectivity index is 1.24. The van der Waals surface area contributed by atoms with Gasteiger partial charge in [-0.2, -0.15) is 4.98 Å². The zero-order valence-corrected chi connectivity index (χ0v) is 13.7. The lowest BCUT2D eigenvalue weighted by Gasteiger charge is -2.31. The zero-order chi connectivity index (χ0) is 15.5. The molecular weight excluding hydrogens is 286 g/mol. The van der Waals surface area contributed by atoms with E-state index in [0.29, 0.717) is 0 Å². The lowest BCUT2D eigenvalue weighted by atomic mass is 9.90. The van der Waals surface area contributed by atoms with Gasteiger partial charge in [-0.15, -0.1) is 0 Å². The lowest BCUT2D eigenvalue weighted by molar-refractivity contribution is 0.159. The van der Waals surface area contributed by atoms with Crippen LogP contribution in [-0.4, -0.2) is 28.1 Å². The van der Waals surface area contributed by atoms with Gasteiger partial charge >= 0.3 is 0 Å². The van der Waals surface area contributed by atoms with Crippen molar-refractivity contribution in [1.82, 2.24) is 15.0 Å². The van der Waals surface area contributed by atoms with E-state index in [1.807, 2.05) is 0 Å². The molecule has 2 fully saturated rings. The Labute approximate surface area is 137 Å². The molecule has 0 bridgehead atoms. The average Bonchev–Trinajstić information content (AvgIpc) is 3.28. The summed E-state index contributed by atoms with van der Waals surface area (Å²) >= 11 is 0. The Morgan fingerprint density at radius 2 is 1.70 bits per heavy atom. The van der Waals surface area contributed by atoms with Crippen LogP contribution in [0.25, 0.3) is 0 Å². The van der Waals surface area contributed by atoms with Gasteiger partial charge in [0.1, 0.15) is 0 Å². The van der Waals surface area contributed by atoms with Crippen molar-refractivity contribution in [3.63, 3.8) is 0 Å². The molecule has 1 aliphatic carbocycles. The van der Waals surface area contributed by atoms with Crippen molar-refractivity contribution in [3.8, 4) is 0 Å². The van der Waals surface area contributed by atoms with E-state index in [1.165, 1.54) is 37.7 Å². The summed E-state index contributed by atoms with van der Waals surface area (Å²) in [6, 6.07) is 10.9. The third-order valence-electron chi connectivity index (χ3n) is 5.11. The van der Waals surface area contributed by atoms with Gasteiger partial charge in [-0.25, -0.2) is 0 Å². The van der Waals surface area contributed by atoms with Crippen molar-refractivity contribution in [2.24, 2.45) is 11.8 Å². The lowest BCUT2D eigenvalue weighted by Crippen LogP contribution is -2.34. The van der Waals surface area contributed by atoms with Crippen LogP contribution in [0.5, 0.6) is 0 Å². The molecule has 2 heterocycles. The number of piperidine rings is 1. The molecule has 0 radical (unpaired) electrons. The fraction of sp³-hybridized carbons (Fsp3) is 0.579. The first-order valence-corrected chi connectivity index (χ1v) is 8.93. The number of likely N-dealkylation sites (tertiary alicyclic amines) is 1. The molecule has 0 atom stereocenters. The molecule has 122 valence electrons. The standard InChI is InChI=1S/C19H25N3O/c1-2-4-15(5-3-1)12-17-8-10-22(11-9-17)14-19-20-18(21-23-19)13-16-6-7-16/h1-5,16-17H,6-14H2.